The van der Waals surface area contributed by atoms with E-state index in [1.807, 2.05) is 42.3 Å². The maximum absolute atomic E-state index is 11.9. The maximum atomic E-state index is 11.9. The summed E-state index contributed by atoms with van der Waals surface area (Å²) in [5.41, 5.74) is 3.51. The number of nitrogens with zero attached hydrogens (tertiary/aromatic N) is 2. The van der Waals surface area contributed by atoms with Crippen LogP contribution >= 0.6 is 0 Å². The van der Waals surface area contributed by atoms with Crippen LogP contribution in [0.5, 0.6) is 0 Å². The summed E-state index contributed by atoms with van der Waals surface area (Å²) in [7, 11) is 1.38. The molecule has 1 aliphatic heterocycles. The second-order valence-electron chi connectivity index (χ2n) is 6.42. The molecule has 0 bridgehead atoms. The smallest absolute Gasteiger partial charge is 0.354 e. The number of hydrogen-bond acceptors (Lipinski definition) is 5. The number of hydrazone groups is 1. The SMILES string of the molecule is COC(=O)C1=NN(c2ccc(C)cc2)[C@H](C2CC=C(C=O)CC2)C1. The number of ether oxygens (including phenoxy) is 1. The van der Waals surface area contributed by atoms with Gasteiger partial charge in [-0.1, -0.05) is 23.8 Å². The normalized spacial score (nSPS) is 23.5. The summed E-state index contributed by atoms with van der Waals surface area (Å²) in [4.78, 5) is 22.9. The molecule has 5 nitrogen and oxygen atoms in total. The minimum absolute atomic E-state index is 0.117. The monoisotopic (exact) mass is 326 g/mol. The van der Waals surface area contributed by atoms with Crippen molar-refractivity contribution in [3.63, 3.8) is 0 Å². The Morgan fingerprint density at radius 2 is 2.08 bits per heavy atom. The highest BCUT2D eigenvalue weighted by Crippen LogP contribution is 2.35. The number of benzene rings is 1. The molecule has 0 aromatic heterocycles. The van der Waals surface area contributed by atoms with Gasteiger partial charge in [0.15, 0.2) is 0 Å². The van der Waals surface area contributed by atoms with Crippen LogP contribution in [0.2, 0.25) is 0 Å². The first-order chi connectivity index (χ1) is 11.6. The van der Waals surface area contributed by atoms with Gasteiger partial charge in [-0.25, -0.2) is 4.79 Å². The van der Waals surface area contributed by atoms with Gasteiger partial charge in [0.2, 0.25) is 0 Å². The topological polar surface area (TPSA) is 59.0 Å². The van der Waals surface area contributed by atoms with E-state index in [1.165, 1.54) is 12.7 Å². The third-order valence-corrected chi connectivity index (χ3v) is 4.85. The molecule has 3 rings (SSSR count). The number of allylic oxidation sites excluding steroid dienone is 2. The Balaban J connectivity index is 1.86. The summed E-state index contributed by atoms with van der Waals surface area (Å²) < 4.78 is 4.85. The van der Waals surface area contributed by atoms with Gasteiger partial charge in [0.25, 0.3) is 0 Å². The van der Waals surface area contributed by atoms with Crippen LogP contribution in [0.4, 0.5) is 5.69 Å². The van der Waals surface area contributed by atoms with Gasteiger partial charge in [-0.15, -0.1) is 0 Å². The van der Waals surface area contributed by atoms with E-state index in [1.54, 1.807) is 0 Å². The van der Waals surface area contributed by atoms with Crippen molar-refractivity contribution < 1.29 is 14.3 Å². The van der Waals surface area contributed by atoms with Crippen LogP contribution < -0.4 is 5.01 Å². The molecule has 0 saturated carbocycles. The third-order valence-electron chi connectivity index (χ3n) is 4.85. The first kappa shape index (κ1) is 16.4. The van der Waals surface area contributed by atoms with Gasteiger partial charge < -0.3 is 4.74 Å². The lowest BCUT2D eigenvalue weighted by Gasteiger charge is -2.32. The fourth-order valence-electron chi connectivity index (χ4n) is 3.42. The van der Waals surface area contributed by atoms with E-state index in [2.05, 4.69) is 5.10 Å². The molecule has 5 heteroatoms. The molecule has 1 aromatic rings. The van der Waals surface area contributed by atoms with Crippen LogP contribution in [0.25, 0.3) is 0 Å². The van der Waals surface area contributed by atoms with Crippen molar-refractivity contribution in [1.82, 2.24) is 0 Å². The molecule has 0 spiro atoms. The van der Waals surface area contributed by atoms with Crippen LogP contribution in [0.3, 0.4) is 0 Å². The van der Waals surface area contributed by atoms with Gasteiger partial charge in [0.1, 0.15) is 12.0 Å². The van der Waals surface area contributed by atoms with E-state index in [-0.39, 0.29) is 12.0 Å². The molecule has 2 aliphatic rings. The quantitative estimate of drug-likeness (QED) is 0.630. The molecular weight excluding hydrogens is 304 g/mol. The van der Waals surface area contributed by atoms with E-state index < -0.39 is 0 Å². The van der Waals surface area contributed by atoms with Crippen molar-refractivity contribution in [2.24, 2.45) is 11.0 Å². The highest BCUT2D eigenvalue weighted by atomic mass is 16.5. The molecular formula is C19H22N2O3. The Hall–Kier alpha value is -2.43. The largest absolute Gasteiger partial charge is 0.464 e. The van der Waals surface area contributed by atoms with E-state index in [0.717, 1.165) is 36.8 Å². The van der Waals surface area contributed by atoms with Gasteiger partial charge in [-0.3, -0.25) is 9.80 Å². The predicted molar refractivity (Wildman–Crippen MR) is 93.0 cm³/mol. The fraction of sp³-hybridized carbons (Fsp3) is 0.421. The van der Waals surface area contributed by atoms with Crippen LogP contribution in [0.15, 0.2) is 41.0 Å². The average Bonchev–Trinajstić information content (AvgIpc) is 3.07. The average molecular weight is 326 g/mol. The molecule has 1 heterocycles. The molecule has 1 unspecified atom stereocenters. The van der Waals surface area contributed by atoms with Crippen molar-refractivity contribution in [3.05, 3.63) is 41.5 Å². The highest BCUT2D eigenvalue weighted by molar-refractivity contribution is 6.37. The number of anilines is 1. The number of aldehydes is 1. The summed E-state index contributed by atoms with van der Waals surface area (Å²) in [6.07, 6.45) is 6.10. The zero-order valence-corrected chi connectivity index (χ0v) is 14.1. The summed E-state index contributed by atoms with van der Waals surface area (Å²) >= 11 is 0. The molecule has 0 radical (unpaired) electrons. The Morgan fingerprint density at radius 1 is 1.33 bits per heavy atom. The minimum atomic E-state index is -0.366. The number of methoxy groups -OCH3 is 1. The van der Waals surface area contributed by atoms with E-state index in [4.69, 9.17) is 4.74 Å². The van der Waals surface area contributed by atoms with Crippen LogP contribution in [0.1, 0.15) is 31.2 Å². The van der Waals surface area contributed by atoms with E-state index in [9.17, 15) is 9.59 Å². The summed E-state index contributed by atoms with van der Waals surface area (Å²) in [6, 6.07) is 8.27. The maximum Gasteiger partial charge on any atom is 0.354 e. The van der Waals surface area contributed by atoms with Crippen LogP contribution in [-0.2, 0) is 14.3 Å². The molecule has 24 heavy (non-hydrogen) atoms. The molecule has 0 N–H and O–H groups in total. The summed E-state index contributed by atoms with van der Waals surface area (Å²) in [6.45, 7) is 2.04. The first-order valence-corrected chi connectivity index (χ1v) is 8.28. The van der Waals surface area contributed by atoms with Gasteiger partial charge in [0, 0.05) is 6.42 Å². The predicted octanol–water partition coefficient (Wildman–Crippen LogP) is 3.03. The zero-order valence-electron chi connectivity index (χ0n) is 14.1. The number of carbonyl (C=O) groups is 2. The van der Waals surface area contributed by atoms with Gasteiger partial charge in [0.05, 0.1) is 18.8 Å². The molecule has 1 aromatic carbocycles. The number of aryl methyl sites for hydroxylation is 1. The van der Waals surface area contributed by atoms with Crippen molar-refractivity contribution in [2.75, 3.05) is 12.1 Å². The van der Waals surface area contributed by atoms with E-state index in [0.29, 0.717) is 18.1 Å². The minimum Gasteiger partial charge on any atom is -0.464 e. The van der Waals surface area contributed by atoms with Crippen molar-refractivity contribution in [1.29, 1.82) is 0 Å². The molecule has 0 amide bonds. The lowest BCUT2D eigenvalue weighted by molar-refractivity contribution is -0.132. The molecule has 2 atom stereocenters. The molecule has 1 aliphatic carbocycles. The van der Waals surface area contributed by atoms with Crippen molar-refractivity contribution in [2.45, 2.75) is 38.6 Å². The molecule has 0 fully saturated rings. The van der Waals surface area contributed by atoms with Gasteiger partial charge in [-0.05, 0) is 49.8 Å². The second-order valence-corrected chi connectivity index (χ2v) is 6.42. The standard InChI is InChI=1S/C19H22N2O3/c1-13-3-9-16(10-4-13)21-18(11-17(20-21)19(23)24-2)15-7-5-14(12-22)6-8-15/h3-5,9-10,12,15,18H,6-8,11H2,1-2H3/t15?,18-/m0/s1. The van der Waals surface area contributed by atoms with Crippen molar-refractivity contribution in [3.8, 4) is 0 Å². The summed E-state index contributed by atoms with van der Waals surface area (Å²) in [5, 5.41) is 6.49. The third kappa shape index (κ3) is 3.25. The Kier molecular flexibility index (Phi) is 4.79. The van der Waals surface area contributed by atoms with Crippen LogP contribution in [-0.4, -0.2) is 31.1 Å². The Labute approximate surface area is 142 Å². The van der Waals surface area contributed by atoms with Crippen LogP contribution in [0, 0.1) is 12.8 Å². The van der Waals surface area contributed by atoms with Crippen molar-refractivity contribution >= 4 is 23.7 Å². The fourth-order valence-corrected chi connectivity index (χ4v) is 3.42. The van der Waals surface area contributed by atoms with E-state index >= 15 is 0 Å². The number of carbonyl (C=O) groups excluding carboxylic acids is 2. The lowest BCUT2D eigenvalue weighted by atomic mass is 9.83. The number of esters is 1. The molecule has 0 saturated heterocycles. The number of rotatable bonds is 4. The first-order valence-electron chi connectivity index (χ1n) is 8.28. The summed E-state index contributed by atoms with van der Waals surface area (Å²) in [5.74, 6) is -0.00421. The highest BCUT2D eigenvalue weighted by Gasteiger charge is 2.37. The van der Waals surface area contributed by atoms with Gasteiger partial charge >= 0.3 is 5.97 Å². The Morgan fingerprint density at radius 3 is 2.67 bits per heavy atom. The zero-order chi connectivity index (χ0) is 17.1. The molecule has 126 valence electrons. The number of hydrogen-bond donors (Lipinski definition) is 0. The lowest BCUT2D eigenvalue weighted by Crippen LogP contribution is -2.35. The second kappa shape index (κ2) is 6.99. The van der Waals surface area contributed by atoms with Gasteiger partial charge in [-0.2, -0.15) is 5.10 Å². The Bertz CT molecular complexity index is 691.